The Morgan fingerprint density at radius 3 is 2.62 bits per heavy atom. The molecule has 1 fully saturated rings. The number of morpholine rings is 1. The van der Waals surface area contributed by atoms with Crippen molar-refractivity contribution in [2.24, 2.45) is 0 Å². The fourth-order valence-corrected chi connectivity index (χ4v) is 5.04. The van der Waals surface area contributed by atoms with Gasteiger partial charge in [0.05, 0.1) is 34.5 Å². The van der Waals surface area contributed by atoms with Crippen molar-refractivity contribution in [1.29, 1.82) is 0 Å². The molecule has 0 atom stereocenters. The van der Waals surface area contributed by atoms with Gasteiger partial charge in [0, 0.05) is 13.1 Å². The van der Waals surface area contributed by atoms with Crippen LogP contribution in [0.5, 0.6) is 0 Å². The summed E-state index contributed by atoms with van der Waals surface area (Å²) in [7, 11) is -3.68. The quantitative estimate of drug-likeness (QED) is 0.865. The minimum absolute atomic E-state index is 0.297. The van der Waals surface area contributed by atoms with Crippen LogP contribution in [0.2, 0.25) is 5.02 Å². The number of aryl methyl sites for hydroxylation is 2. The Kier molecular flexibility index (Phi) is 4.82. The second-order valence-electron chi connectivity index (χ2n) is 6.62. The molecule has 7 heteroatoms. The van der Waals surface area contributed by atoms with E-state index < -0.39 is 10.0 Å². The molecule has 1 aliphatic heterocycles. The highest BCUT2D eigenvalue weighted by molar-refractivity contribution is 7.92. The highest BCUT2D eigenvalue weighted by Crippen LogP contribution is 2.36. The standard InChI is InChI=1S/C19H21ClN2O3S/c20-17-5-2-6-18(19(17)22-9-11-25-12-10-22)21-26(23,24)16-8-7-14-3-1-4-15(14)13-16/h2,5-8,13,21H,1,3-4,9-12H2. The molecule has 0 saturated carbocycles. The maximum atomic E-state index is 13.0. The first-order chi connectivity index (χ1) is 12.5. The van der Waals surface area contributed by atoms with E-state index in [1.165, 1.54) is 5.56 Å². The van der Waals surface area contributed by atoms with Crippen molar-refractivity contribution < 1.29 is 13.2 Å². The van der Waals surface area contributed by atoms with Crippen molar-refractivity contribution >= 4 is 33.0 Å². The Labute approximate surface area is 159 Å². The molecule has 26 heavy (non-hydrogen) atoms. The molecular formula is C19H21ClN2O3S. The van der Waals surface area contributed by atoms with E-state index in [-0.39, 0.29) is 0 Å². The van der Waals surface area contributed by atoms with E-state index in [1.54, 1.807) is 30.3 Å². The van der Waals surface area contributed by atoms with E-state index in [2.05, 4.69) is 9.62 Å². The molecule has 0 unspecified atom stereocenters. The zero-order valence-corrected chi connectivity index (χ0v) is 15.9. The number of fused-ring (bicyclic) bond motifs is 1. The molecule has 1 heterocycles. The number of nitrogens with one attached hydrogen (secondary N) is 1. The van der Waals surface area contributed by atoms with Crippen LogP contribution in [0.4, 0.5) is 11.4 Å². The minimum atomic E-state index is -3.68. The smallest absolute Gasteiger partial charge is 0.261 e. The Morgan fingerprint density at radius 2 is 1.81 bits per heavy atom. The highest BCUT2D eigenvalue weighted by Gasteiger charge is 2.23. The summed E-state index contributed by atoms with van der Waals surface area (Å²) in [6.45, 7) is 2.55. The Balaban J connectivity index is 1.67. The first kappa shape index (κ1) is 17.6. The second-order valence-corrected chi connectivity index (χ2v) is 8.71. The Hall–Kier alpha value is -1.76. The van der Waals surface area contributed by atoms with Crippen LogP contribution in [-0.4, -0.2) is 34.7 Å². The van der Waals surface area contributed by atoms with Gasteiger partial charge in [-0.3, -0.25) is 4.72 Å². The van der Waals surface area contributed by atoms with Crippen molar-refractivity contribution in [3.63, 3.8) is 0 Å². The topological polar surface area (TPSA) is 58.6 Å². The van der Waals surface area contributed by atoms with Gasteiger partial charge >= 0.3 is 0 Å². The monoisotopic (exact) mass is 392 g/mol. The van der Waals surface area contributed by atoms with E-state index >= 15 is 0 Å². The lowest BCUT2D eigenvalue weighted by atomic mass is 10.1. The van der Waals surface area contributed by atoms with Crippen LogP contribution >= 0.6 is 11.6 Å². The molecule has 0 bridgehead atoms. The number of para-hydroxylation sites is 1. The molecule has 2 aliphatic rings. The summed E-state index contributed by atoms with van der Waals surface area (Å²) in [5.74, 6) is 0. The van der Waals surface area contributed by atoms with E-state index in [4.69, 9.17) is 16.3 Å². The lowest BCUT2D eigenvalue weighted by Crippen LogP contribution is -2.37. The summed E-state index contributed by atoms with van der Waals surface area (Å²) in [6.07, 6.45) is 3.05. The lowest BCUT2D eigenvalue weighted by molar-refractivity contribution is 0.123. The number of anilines is 2. The average molecular weight is 393 g/mol. The van der Waals surface area contributed by atoms with Crippen molar-refractivity contribution in [2.45, 2.75) is 24.2 Å². The molecule has 1 aliphatic carbocycles. The summed E-state index contributed by atoms with van der Waals surface area (Å²) in [5, 5.41) is 0.529. The molecule has 138 valence electrons. The molecule has 1 N–H and O–H groups in total. The van der Waals surface area contributed by atoms with E-state index in [0.29, 0.717) is 47.6 Å². The third-order valence-corrected chi connectivity index (χ3v) is 6.61. The van der Waals surface area contributed by atoms with Crippen LogP contribution < -0.4 is 9.62 Å². The number of benzene rings is 2. The largest absolute Gasteiger partial charge is 0.378 e. The number of ether oxygens (including phenoxy) is 1. The van der Waals surface area contributed by atoms with Gasteiger partial charge in [-0.05, 0) is 54.7 Å². The van der Waals surface area contributed by atoms with Crippen molar-refractivity contribution in [2.75, 3.05) is 35.9 Å². The Bertz CT molecular complexity index is 924. The summed E-state index contributed by atoms with van der Waals surface area (Å²) in [4.78, 5) is 2.36. The molecule has 0 aromatic heterocycles. The predicted octanol–water partition coefficient (Wildman–Crippen LogP) is 3.47. The van der Waals surface area contributed by atoms with Crippen molar-refractivity contribution in [3.8, 4) is 0 Å². The molecule has 0 amide bonds. The minimum Gasteiger partial charge on any atom is -0.378 e. The molecular weight excluding hydrogens is 372 g/mol. The van der Waals surface area contributed by atoms with E-state index in [1.807, 2.05) is 6.07 Å². The fraction of sp³-hybridized carbons (Fsp3) is 0.368. The van der Waals surface area contributed by atoms with Gasteiger partial charge in [-0.25, -0.2) is 8.42 Å². The average Bonchev–Trinajstić information content (AvgIpc) is 3.10. The van der Waals surface area contributed by atoms with Gasteiger partial charge in [-0.1, -0.05) is 23.7 Å². The van der Waals surface area contributed by atoms with Crippen LogP contribution in [0.1, 0.15) is 17.5 Å². The summed E-state index contributed by atoms with van der Waals surface area (Å²) >= 11 is 6.40. The predicted molar refractivity (Wildman–Crippen MR) is 104 cm³/mol. The van der Waals surface area contributed by atoms with Gasteiger partial charge in [0.1, 0.15) is 0 Å². The number of rotatable bonds is 4. The summed E-state index contributed by atoms with van der Waals surface area (Å²) in [6, 6.07) is 10.7. The van der Waals surface area contributed by atoms with Crippen molar-refractivity contribution in [3.05, 3.63) is 52.5 Å². The molecule has 0 radical (unpaired) electrons. The van der Waals surface area contributed by atoms with Crippen LogP contribution in [0.15, 0.2) is 41.3 Å². The number of hydrogen-bond donors (Lipinski definition) is 1. The first-order valence-corrected chi connectivity index (χ1v) is 10.7. The normalized spacial score (nSPS) is 17.2. The summed E-state index contributed by atoms with van der Waals surface area (Å²) in [5.41, 5.74) is 3.59. The van der Waals surface area contributed by atoms with Gasteiger partial charge in [0.15, 0.2) is 0 Å². The van der Waals surface area contributed by atoms with Gasteiger partial charge in [-0.2, -0.15) is 0 Å². The fourth-order valence-electron chi connectivity index (χ4n) is 3.63. The maximum absolute atomic E-state index is 13.0. The number of sulfonamides is 1. The third-order valence-electron chi connectivity index (χ3n) is 4.94. The zero-order chi connectivity index (χ0) is 18.1. The van der Waals surface area contributed by atoms with Gasteiger partial charge in [0.2, 0.25) is 0 Å². The maximum Gasteiger partial charge on any atom is 0.261 e. The summed E-state index contributed by atoms with van der Waals surface area (Å²) < 4.78 is 34.0. The van der Waals surface area contributed by atoms with Crippen LogP contribution in [-0.2, 0) is 27.6 Å². The molecule has 5 nitrogen and oxygen atoms in total. The zero-order valence-electron chi connectivity index (χ0n) is 14.4. The van der Waals surface area contributed by atoms with Crippen LogP contribution in [0.25, 0.3) is 0 Å². The molecule has 0 spiro atoms. The highest BCUT2D eigenvalue weighted by atomic mass is 35.5. The van der Waals surface area contributed by atoms with Gasteiger partial charge in [-0.15, -0.1) is 0 Å². The van der Waals surface area contributed by atoms with E-state index in [0.717, 1.165) is 24.8 Å². The van der Waals surface area contributed by atoms with Crippen molar-refractivity contribution in [1.82, 2.24) is 0 Å². The van der Waals surface area contributed by atoms with Crippen LogP contribution in [0.3, 0.4) is 0 Å². The molecule has 2 aromatic carbocycles. The first-order valence-electron chi connectivity index (χ1n) is 8.80. The van der Waals surface area contributed by atoms with Gasteiger partial charge < -0.3 is 9.64 Å². The van der Waals surface area contributed by atoms with E-state index in [9.17, 15) is 8.42 Å². The second kappa shape index (κ2) is 7.10. The number of halogens is 1. The SMILES string of the molecule is O=S(=O)(Nc1cccc(Cl)c1N1CCOCC1)c1ccc2c(c1)CCC2. The molecule has 1 saturated heterocycles. The molecule has 4 rings (SSSR count). The lowest BCUT2D eigenvalue weighted by Gasteiger charge is -2.31. The van der Waals surface area contributed by atoms with Crippen LogP contribution in [0, 0.1) is 0 Å². The Morgan fingerprint density at radius 1 is 1.04 bits per heavy atom. The number of hydrogen-bond acceptors (Lipinski definition) is 4. The third kappa shape index (κ3) is 3.41. The molecule has 2 aromatic rings. The number of nitrogens with zero attached hydrogens (tertiary/aromatic N) is 1. The van der Waals surface area contributed by atoms with Gasteiger partial charge in [0.25, 0.3) is 10.0 Å².